The van der Waals surface area contributed by atoms with Crippen molar-refractivity contribution in [3.8, 4) is 0 Å². The smallest absolute Gasteiger partial charge is 0.323 e. The Morgan fingerprint density at radius 1 is 1.38 bits per heavy atom. The van der Waals surface area contributed by atoms with Crippen molar-refractivity contribution in [2.45, 2.75) is 40.2 Å². The Kier molecular flexibility index (Phi) is 5.71. The maximum atomic E-state index is 11.3. The van der Waals surface area contributed by atoms with Gasteiger partial charge in [0.2, 0.25) is 0 Å². The van der Waals surface area contributed by atoms with E-state index in [1.54, 1.807) is 0 Å². The molecule has 0 heterocycles. The van der Waals surface area contributed by atoms with Gasteiger partial charge in [-0.3, -0.25) is 4.79 Å². The number of ether oxygens (including phenoxy) is 1. The topological polar surface area (TPSA) is 52.3 Å². The van der Waals surface area contributed by atoms with E-state index in [1.807, 2.05) is 27.7 Å². The highest BCUT2D eigenvalue weighted by molar-refractivity contribution is 5.75. The summed E-state index contributed by atoms with van der Waals surface area (Å²) in [4.78, 5) is 11.3. The number of hydrogen-bond acceptors (Lipinski definition) is 3. The van der Waals surface area contributed by atoms with Crippen LogP contribution in [0.3, 0.4) is 0 Å². The van der Waals surface area contributed by atoms with Crippen LogP contribution in [0.2, 0.25) is 0 Å². The average molecular weight is 187 g/mol. The van der Waals surface area contributed by atoms with Gasteiger partial charge in [0.1, 0.15) is 6.04 Å². The van der Waals surface area contributed by atoms with Crippen molar-refractivity contribution >= 4 is 5.97 Å². The molecule has 0 amide bonds. The van der Waals surface area contributed by atoms with Crippen LogP contribution >= 0.6 is 0 Å². The van der Waals surface area contributed by atoms with Gasteiger partial charge in [0, 0.05) is 0 Å². The molecule has 0 bridgehead atoms. The lowest BCUT2D eigenvalue weighted by molar-refractivity contribution is -0.147. The lowest BCUT2D eigenvalue weighted by Crippen LogP contribution is -2.38. The van der Waals surface area contributed by atoms with Gasteiger partial charge >= 0.3 is 5.97 Å². The molecule has 0 radical (unpaired) electrons. The van der Waals surface area contributed by atoms with Crippen molar-refractivity contribution in [2.75, 3.05) is 6.61 Å². The van der Waals surface area contributed by atoms with Gasteiger partial charge in [-0.05, 0) is 11.8 Å². The average Bonchev–Trinajstić information content (AvgIpc) is 2.11. The van der Waals surface area contributed by atoms with Crippen molar-refractivity contribution < 1.29 is 9.53 Å². The summed E-state index contributed by atoms with van der Waals surface area (Å²) in [5.41, 5.74) is 5.68. The molecule has 0 saturated heterocycles. The summed E-state index contributed by atoms with van der Waals surface area (Å²) < 4.78 is 5.02. The van der Waals surface area contributed by atoms with E-state index in [0.29, 0.717) is 12.5 Å². The van der Waals surface area contributed by atoms with E-state index >= 15 is 0 Å². The largest absolute Gasteiger partial charge is 0.464 e. The van der Waals surface area contributed by atoms with Crippen LogP contribution in [-0.4, -0.2) is 18.6 Å². The Labute approximate surface area is 80.6 Å². The molecule has 0 aromatic rings. The molecule has 0 aliphatic rings. The van der Waals surface area contributed by atoms with Gasteiger partial charge in [-0.1, -0.05) is 34.1 Å². The van der Waals surface area contributed by atoms with Gasteiger partial charge in [0.05, 0.1) is 6.61 Å². The fourth-order valence-electron chi connectivity index (χ4n) is 0.831. The van der Waals surface area contributed by atoms with Gasteiger partial charge in [-0.25, -0.2) is 0 Å². The van der Waals surface area contributed by atoms with E-state index in [0.717, 1.165) is 6.42 Å². The Balaban J connectivity index is 3.82. The van der Waals surface area contributed by atoms with Gasteiger partial charge in [0.25, 0.3) is 0 Å². The molecule has 0 saturated carbocycles. The summed E-state index contributed by atoms with van der Waals surface area (Å²) in [5.74, 6) is 0.288. The Bertz CT molecular complexity index is 157. The zero-order valence-corrected chi connectivity index (χ0v) is 9.04. The van der Waals surface area contributed by atoms with E-state index in [1.165, 1.54) is 0 Å². The minimum atomic E-state index is -0.469. The third kappa shape index (κ3) is 4.88. The van der Waals surface area contributed by atoms with Crippen LogP contribution in [-0.2, 0) is 9.53 Å². The first kappa shape index (κ1) is 12.4. The normalized spacial score (nSPS) is 15.5. The van der Waals surface area contributed by atoms with E-state index in [4.69, 9.17) is 10.5 Å². The zero-order chi connectivity index (χ0) is 10.4. The molecule has 0 aliphatic carbocycles. The van der Waals surface area contributed by atoms with E-state index in [9.17, 15) is 4.79 Å². The molecule has 3 nitrogen and oxygen atoms in total. The van der Waals surface area contributed by atoms with Crippen molar-refractivity contribution in [1.82, 2.24) is 0 Å². The molecule has 13 heavy (non-hydrogen) atoms. The summed E-state index contributed by atoms with van der Waals surface area (Å²) in [6.45, 7) is 8.44. The summed E-state index contributed by atoms with van der Waals surface area (Å²) >= 11 is 0. The second-order valence-corrected chi connectivity index (χ2v) is 3.94. The lowest BCUT2D eigenvalue weighted by atomic mass is 10.0. The molecule has 0 spiro atoms. The highest BCUT2D eigenvalue weighted by atomic mass is 16.5. The van der Waals surface area contributed by atoms with Crippen LogP contribution in [0.5, 0.6) is 0 Å². The Morgan fingerprint density at radius 2 is 1.92 bits per heavy atom. The highest BCUT2D eigenvalue weighted by Gasteiger charge is 2.20. The van der Waals surface area contributed by atoms with Crippen molar-refractivity contribution in [3.63, 3.8) is 0 Å². The molecule has 0 aromatic carbocycles. The van der Waals surface area contributed by atoms with Crippen molar-refractivity contribution in [3.05, 3.63) is 0 Å². The van der Waals surface area contributed by atoms with Crippen LogP contribution in [0.25, 0.3) is 0 Å². The van der Waals surface area contributed by atoms with Gasteiger partial charge in [0.15, 0.2) is 0 Å². The molecule has 2 atom stereocenters. The molecule has 2 N–H and O–H groups in total. The number of hydrogen-bond donors (Lipinski definition) is 1. The van der Waals surface area contributed by atoms with Gasteiger partial charge in [-0.2, -0.15) is 0 Å². The zero-order valence-electron chi connectivity index (χ0n) is 9.04. The Morgan fingerprint density at radius 3 is 2.31 bits per heavy atom. The molecule has 0 aliphatic heterocycles. The molecular formula is C10H21NO2. The maximum absolute atomic E-state index is 11.3. The van der Waals surface area contributed by atoms with Crippen LogP contribution in [0.1, 0.15) is 34.1 Å². The standard InChI is InChI=1S/C10H21NO2/c1-5-8(4)9(11)10(12)13-6-7(2)3/h7-9H,5-6,11H2,1-4H3. The molecular weight excluding hydrogens is 166 g/mol. The van der Waals surface area contributed by atoms with Gasteiger partial charge in [-0.15, -0.1) is 0 Å². The second-order valence-electron chi connectivity index (χ2n) is 3.94. The SMILES string of the molecule is CCC(C)C(N)C(=O)OCC(C)C. The number of carbonyl (C=O) groups is 1. The van der Waals surface area contributed by atoms with Crippen LogP contribution in [0, 0.1) is 11.8 Å². The highest BCUT2D eigenvalue weighted by Crippen LogP contribution is 2.07. The summed E-state index contributed by atoms with van der Waals surface area (Å²) in [5, 5.41) is 0. The summed E-state index contributed by atoms with van der Waals surface area (Å²) in [6, 6.07) is -0.469. The molecule has 3 heteroatoms. The lowest BCUT2D eigenvalue weighted by Gasteiger charge is -2.17. The predicted molar refractivity (Wildman–Crippen MR) is 53.2 cm³/mol. The first-order valence-electron chi connectivity index (χ1n) is 4.91. The predicted octanol–water partition coefficient (Wildman–Crippen LogP) is 1.56. The van der Waals surface area contributed by atoms with Crippen LogP contribution in [0.15, 0.2) is 0 Å². The monoisotopic (exact) mass is 187 g/mol. The molecule has 78 valence electrons. The third-order valence-electron chi connectivity index (χ3n) is 2.09. The van der Waals surface area contributed by atoms with Crippen molar-refractivity contribution in [1.29, 1.82) is 0 Å². The van der Waals surface area contributed by atoms with E-state index in [-0.39, 0.29) is 11.9 Å². The van der Waals surface area contributed by atoms with Crippen molar-refractivity contribution in [2.24, 2.45) is 17.6 Å². The molecule has 2 unspecified atom stereocenters. The van der Waals surface area contributed by atoms with E-state index < -0.39 is 6.04 Å². The maximum Gasteiger partial charge on any atom is 0.323 e. The summed E-state index contributed by atoms with van der Waals surface area (Å²) in [7, 11) is 0. The fraction of sp³-hybridized carbons (Fsp3) is 0.900. The second kappa shape index (κ2) is 5.97. The minimum Gasteiger partial charge on any atom is -0.464 e. The number of carbonyl (C=O) groups excluding carboxylic acids is 1. The first-order valence-corrected chi connectivity index (χ1v) is 4.91. The third-order valence-corrected chi connectivity index (χ3v) is 2.09. The molecule has 0 fully saturated rings. The number of esters is 1. The number of rotatable bonds is 5. The Hall–Kier alpha value is -0.570. The van der Waals surface area contributed by atoms with Crippen LogP contribution < -0.4 is 5.73 Å². The molecule has 0 aromatic heterocycles. The van der Waals surface area contributed by atoms with Crippen LogP contribution in [0.4, 0.5) is 0 Å². The molecule has 0 rings (SSSR count). The quantitative estimate of drug-likeness (QED) is 0.664. The summed E-state index contributed by atoms with van der Waals surface area (Å²) in [6.07, 6.45) is 0.901. The van der Waals surface area contributed by atoms with E-state index in [2.05, 4.69) is 0 Å². The van der Waals surface area contributed by atoms with Gasteiger partial charge < -0.3 is 10.5 Å². The fourth-order valence-corrected chi connectivity index (χ4v) is 0.831. The minimum absolute atomic E-state index is 0.194. The number of nitrogens with two attached hydrogens (primary N) is 1. The first-order chi connectivity index (χ1) is 5.99.